The monoisotopic (exact) mass is 261 g/mol. The van der Waals surface area contributed by atoms with Gasteiger partial charge in [-0.25, -0.2) is 0 Å². The predicted octanol–water partition coefficient (Wildman–Crippen LogP) is 0.605. The second-order valence-electron chi connectivity index (χ2n) is 5.19. The van der Waals surface area contributed by atoms with Gasteiger partial charge in [0.05, 0.1) is 0 Å². The van der Waals surface area contributed by atoms with Gasteiger partial charge < -0.3 is 16.0 Å². The van der Waals surface area contributed by atoms with E-state index in [0.717, 1.165) is 38.4 Å². The van der Waals surface area contributed by atoms with Gasteiger partial charge in [0.25, 0.3) is 0 Å². The number of nitrogens with two attached hydrogens (primary N) is 1. The lowest BCUT2D eigenvalue weighted by molar-refractivity contribution is -0.123. The maximum absolute atomic E-state index is 11.0. The van der Waals surface area contributed by atoms with Crippen molar-refractivity contribution in [3.8, 4) is 0 Å². The zero-order valence-electron chi connectivity index (χ0n) is 10.4. The van der Waals surface area contributed by atoms with Crippen molar-refractivity contribution >= 4 is 18.3 Å². The number of hydrogen-bond acceptors (Lipinski definition) is 3. The summed E-state index contributed by atoms with van der Waals surface area (Å²) in [6, 6.07) is 0. The summed E-state index contributed by atoms with van der Waals surface area (Å²) in [7, 11) is 0. The molecule has 0 aliphatic carbocycles. The second kappa shape index (κ2) is 7.19. The van der Waals surface area contributed by atoms with Crippen molar-refractivity contribution < 1.29 is 4.79 Å². The molecule has 2 aliphatic rings. The Morgan fingerprint density at radius 2 is 2.00 bits per heavy atom. The Bertz CT molecular complexity index is 236. The number of piperidine rings is 2. The molecule has 1 atom stereocenters. The van der Waals surface area contributed by atoms with E-state index >= 15 is 0 Å². The molecule has 0 bridgehead atoms. The van der Waals surface area contributed by atoms with Crippen LogP contribution in [0.4, 0.5) is 0 Å². The van der Waals surface area contributed by atoms with Crippen LogP contribution in [-0.4, -0.2) is 43.5 Å². The molecule has 0 aromatic carbocycles. The number of carbonyl (C=O) groups is 1. The van der Waals surface area contributed by atoms with E-state index in [2.05, 4.69) is 10.2 Å². The molecule has 2 aliphatic heterocycles. The molecule has 100 valence electrons. The molecule has 5 heteroatoms. The van der Waals surface area contributed by atoms with Gasteiger partial charge in [-0.3, -0.25) is 4.79 Å². The molecule has 0 radical (unpaired) electrons. The fourth-order valence-corrected chi connectivity index (χ4v) is 2.85. The number of halogens is 1. The normalized spacial score (nSPS) is 27.4. The van der Waals surface area contributed by atoms with Crippen molar-refractivity contribution in [2.45, 2.75) is 25.7 Å². The number of amides is 1. The Hall–Kier alpha value is -0.320. The van der Waals surface area contributed by atoms with E-state index in [4.69, 9.17) is 5.73 Å². The van der Waals surface area contributed by atoms with Gasteiger partial charge >= 0.3 is 0 Å². The fourth-order valence-electron chi connectivity index (χ4n) is 2.85. The van der Waals surface area contributed by atoms with Crippen LogP contribution in [0.5, 0.6) is 0 Å². The molecule has 4 nitrogen and oxygen atoms in total. The first kappa shape index (κ1) is 14.7. The van der Waals surface area contributed by atoms with E-state index in [0.29, 0.717) is 0 Å². The van der Waals surface area contributed by atoms with Crippen LogP contribution in [0.2, 0.25) is 0 Å². The molecule has 2 heterocycles. The van der Waals surface area contributed by atoms with Crippen molar-refractivity contribution in [3.05, 3.63) is 0 Å². The summed E-state index contributed by atoms with van der Waals surface area (Å²) in [6.45, 7) is 5.63. The van der Waals surface area contributed by atoms with Crippen LogP contribution in [-0.2, 0) is 4.79 Å². The Labute approximate surface area is 110 Å². The minimum atomic E-state index is -0.112. The van der Waals surface area contributed by atoms with Crippen LogP contribution < -0.4 is 11.1 Å². The van der Waals surface area contributed by atoms with Gasteiger partial charge in [-0.1, -0.05) is 0 Å². The summed E-state index contributed by atoms with van der Waals surface area (Å²) >= 11 is 0. The van der Waals surface area contributed by atoms with Crippen LogP contribution in [0.25, 0.3) is 0 Å². The smallest absolute Gasteiger partial charge is 0.220 e. The summed E-state index contributed by atoms with van der Waals surface area (Å²) in [5.74, 6) is 0.818. The summed E-state index contributed by atoms with van der Waals surface area (Å²) in [5.41, 5.74) is 5.33. The van der Waals surface area contributed by atoms with Gasteiger partial charge in [0.15, 0.2) is 0 Å². The number of carbonyl (C=O) groups excluding carboxylic acids is 1. The Balaban J connectivity index is 0.00000144. The minimum absolute atomic E-state index is 0. The number of nitrogens with one attached hydrogen (secondary N) is 1. The van der Waals surface area contributed by atoms with Crippen LogP contribution in [0.1, 0.15) is 25.7 Å². The largest absolute Gasteiger partial charge is 0.369 e. The summed E-state index contributed by atoms with van der Waals surface area (Å²) in [6.07, 6.45) is 4.57. The van der Waals surface area contributed by atoms with Crippen LogP contribution in [0.15, 0.2) is 0 Å². The Kier molecular flexibility index (Phi) is 6.23. The first-order valence-corrected chi connectivity index (χ1v) is 6.48. The number of nitrogens with zero attached hydrogens (tertiary/aromatic N) is 1. The second-order valence-corrected chi connectivity index (χ2v) is 5.19. The highest BCUT2D eigenvalue weighted by Gasteiger charge is 2.25. The molecule has 2 fully saturated rings. The highest BCUT2D eigenvalue weighted by atomic mass is 35.5. The van der Waals surface area contributed by atoms with Gasteiger partial charge in [0, 0.05) is 12.5 Å². The zero-order chi connectivity index (χ0) is 11.4. The third-order valence-corrected chi connectivity index (χ3v) is 3.91. The molecule has 0 aromatic heterocycles. The lowest BCUT2D eigenvalue weighted by Gasteiger charge is -2.34. The number of hydrogen-bond donors (Lipinski definition) is 2. The molecule has 17 heavy (non-hydrogen) atoms. The third kappa shape index (κ3) is 4.45. The topological polar surface area (TPSA) is 58.4 Å². The third-order valence-electron chi connectivity index (χ3n) is 3.91. The molecular formula is C12H24ClN3O. The number of primary amides is 1. The maximum atomic E-state index is 11.0. The van der Waals surface area contributed by atoms with E-state index in [1.807, 2.05) is 0 Å². The highest BCUT2D eigenvalue weighted by Crippen LogP contribution is 2.19. The standard InChI is InChI=1S/C12H23N3O.ClH/c13-12(16)11-3-6-15(7-4-11)9-10-2-1-5-14-8-10;/h10-11,14H,1-9H2,(H2,13,16);1H. The van der Waals surface area contributed by atoms with Crippen molar-refractivity contribution in [3.63, 3.8) is 0 Å². The lowest BCUT2D eigenvalue weighted by Crippen LogP contribution is -2.43. The molecule has 0 aromatic rings. The Morgan fingerprint density at radius 3 is 2.53 bits per heavy atom. The van der Waals surface area contributed by atoms with Crippen molar-refractivity contribution in [2.75, 3.05) is 32.7 Å². The van der Waals surface area contributed by atoms with Gasteiger partial charge in [0.1, 0.15) is 0 Å². The Morgan fingerprint density at radius 1 is 1.29 bits per heavy atom. The van der Waals surface area contributed by atoms with Crippen molar-refractivity contribution in [1.29, 1.82) is 0 Å². The van der Waals surface area contributed by atoms with Crippen LogP contribution in [0, 0.1) is 11.8 Å². The summed E-state index contributed by atoms with van der Waals surface area (Å²) < 4.78 is 0. The molecule has 2 rings (SSSR count). The molecule has 1 amide bonds. The first-order chi connectivity index (χ1) is 7.75. The summed E-state index contributed by atoms with van der Waals surface area (Å²) in [5, 5.41) is 3.45. The summed E-state index contributed by atoms with van der Waals surface area (Å²) in [4.78, 5) is 13.5. The van der Waals surface area contributed by atoms with Gasteiger partial charge in [-0.2, -0.15) is 0 Å². The van der Waals surface area contributed by atoms with Crippen LogP contribution in [0.3, 0.4) is 0 Å². The van der Waals surface area contributed by atoms with E-state index in [9.17, 15) is 4.79 Å². The average Bonchev–Trinajstić information content (AvgIpc) is 2.31. The van der Waals surface area contributed by atoms with Crippen molar-refractivity contribution in [1.82, 2.24) is 10.2 Å². The van der Waals surface area contributed by atoms with Gasteiger partial charge in [0.2, 0.25) is 5.91 Å². The zero-order valence-corrected chi connectivity index (χ0v) is 11.2. The minimum Gasteiger partial charge on any atom is -0.369 e. The quantitative estimate of drug-likeness (QED) is 0.783. The van der Waals surface area contributed by atoms with Crippen molar-refractivity contribution in [2.24, 2.45) is 17.6 Å². The predicted molar refractivity (Wildman–Crippen MR) is 71.2 cm³/mol. The molecule has 3 N–H and O–H groups in total. The molecule has 0 spiro atoms. The van der Waals surface area contributed by atoms with E-state index in [-0.39, 0.29) is 24.2 Å². The van der Waals surface area contributed by atoms with E-state index in [1.165, 1.54) is 25.9 Å². The number of likely N-dealkylation sites (tertiary alicyclic amines) is 1. The fraction of sp³-hybridized carbons (Fsp3) is 0.917. The van der Waals surface area contributed by atoms with Crippen LogP contribution >= 0.6 is 12.4 Å². The SMILES string of the molecule is Cl.NC(=O)C1CCN(CC2CCCNC2)CC1. The average molecular weight is 262 g/mol. The first-order valence-electron chi connectivity index (χ1n) is 6.48. The van der Waals surface area contributed by atoms with Gasteiger partial charge in [-0.05, 0) is 57.8 Å². The van der Waals surface area contributed by atoms with E-state index in [1.54, 1.807) is 0 Å². The molecule has 1 unspecified atom stereocenters. The molecule has 2 saturated heterocycles. The van der Waals surface area contributed by atoms with Gasteiger partial charge in [-0.15, -0.1) is 12.4 Å². The number of rotatable bonds is 3. The highest BCUT2D eigenvalue weighted by molar-refractivity contribution is 5.85. The lowest BCUT2D eigenvalue weighted by atomic mass is 9.94. The molecule has 0 saturated carbocycles. The maximum Gasteiger partial charge on any atom is 0.220 e. The van der Waals surface area contributed by atoms with E-state index < -0.39 is 0 Å². The molecular weight excluding hydrogens is 238 g/mol.